The molecule has 0 saturated carbocycles. The first-order chi connectivity index (χ1) is 20.0. The predicted octanol–water partition coefficient (Wildman–Crippen LogP) is -0.757. The summed E-state index contributed by atoms with van der Waals surface area (Å²) in [6.07, 6.45) is -5.95. The van der Waals surface area contributed by atoms with Gasteiger partial charge >= 0.3 is 5.97 Å². The maximum atomic E-state index is 13.3. The molecule has 0 bridgehead atoms. The molecule has 2 amide bonds. The van der Waals surface area contributed by atoms with E-state index in [0.29, 0.717) is 12.0 Å². The van der Waals surface area contributed by atoms with E-state index in [1.54, 1.807) is 24.3 Å². The number of aliphatic hydroxyl groups is 4. The van der Waals surface area contributed by atoms with Crippen LogP contribution in [0.15, 0.2) is 48.5 Å². The first kappa shape index (κ1) is 32.6. The fourth-order valence-corrected chi connectivity index (χ4v) is 4.30. The Labute approximate surface area is 242 Å². The zero-order chi connectivity index (χ0) is 30.8. The maximum Gasteiger partial charge on any atom is 0.311 e. The van der Waals surface area contributed by atoms with Crippen molar-refractivity contribution in [3.8, 4) is 11.5 Å². The molecular formula is C29H36N2O11. The molecule has 1 fully saturated rings. The second-order valence-corrected chi connectivity index (χ2v) is 10.1. The molecule has 1 aliphatic rings. The lowest BCUT2D eigenvalue weighted by atomic mass is 9.96. The zero-order valence-electron chi connectivity index (χ0n) is 23.0. The van der Waals surface area contributed by atoms with Gasteiger partial charge in [0.15, 0.2) is 6.29 Å². The van der Waals surface area contributed by atoms with E-state index in [-0.39, 0.29) is 43.0 Å². The number of Topliss-reactive ketones (excluding diaryl/α,β-unsaturated/α-hetero) is 1. The van der Waals surface area contributed by atoms with Crippen LogP contribution in [0.4, 0.5) is 0 Å². The number of ketones is 1. The Morgan fingerprint density at radius 3 is 2.17 bits per heavy atom. The molecule has 1 heterocycles. The highest BCUT2D eigenvalue weighted by Gasteiger charge is 2.44. The summed E-state index contributed by atoms with van der Waals surface area (Å²) in [5.74, 6) is -1.66. The predicted molar refractivity (Wildman–Crippen MR) is 146 cm³/mol. The van der Waals surface area contributed by atoms with Crippen LogP contribution in [0.5, 0.6) is 11.5 Å². The van der Waals surface area contributed by atoms with Gasteiger partial charge in [-0.1, -0.05) is 24.3 Å². The van der Waals surface area contributed by atoms with Crippen molar-refractivity contribution >= 4 is 23.6 Å². The van der Waals surface area contributed by atoms with Gasteiger partial charge in [0.2, 0.25) is 11.8 Å². The third-order valence-electron chi connectivity index (χ3n) is 6.71. The van der Waals surface area contributed by atoms with Gasteiger partial charge in [-0.15, -0.1) is 0 Å². The third-order valence-corrected chi connectivity index (χ3v) is 6.71. The second-order valence-electron chi connectivity index (χ2n) is 10.1. The lowest BCUT2D eigenvalue weighted by Gasteiger charge is -2.40. The minimum Gasteiger partial charge on any atom is -0.508 e. The van der Waals surface area contributed by atoms with Gasteiger partial charge in [0.05, 0.1) is 13.0 Å². The number of phenolic OH excluding ortho intramolecular Hbond substituents is 1. The Bertz CT molecular complexity index is 1220. The molecular weight excluding hydrogens is 552 g/mol. The minimum atomic E-state index is -1.74. The fourth-order valence-electron chi connectivity index (χ4n) is 4.30. The van der Waals surface area contributed by atoms with Crippen LogP contribution in [0.1, 0.15) is 37.3 Å². The molecule has 6 unspecified atom stereocenters. The van der Waals surface area contributed by atoms with Gasteiger partial charge in [-0.05, 0) is 48.7 Å². The van der Waals surface area contributed by atoms with E-state index < -0.39 is 61.1 Å². The number of rotatable bonds is 13. The number of aryl methyl sites for hydroxylation is 1. The van der Waals surface area contributed by atoms with Crippen LogP contribution in [-0.4, -0.2) is 92.4 Å². The molecule has 7 N–H and O–H groups in total. The molecule has 2 aromatic rings. The van der Waals surface area contributed by atoms with Gasteiger partial charge in [0, 0.05) is 19.3 Å². The maximum absolute atomic E-state index is 13.3. The van der Waals surface area contributed by atoms with Gasteiger partial charge in [0.25, 0.3) is 0 Å². The molecule has 0 aromatic heterocycles. The number of carbonyl (C=O) groups is 4. The van der Waals surface area contributed by atoms with Crippen LogP contribution in [0.3, 0.4) is 0 Å². The number of phenols is 1. The fraction of sp³-hybridized carbons (Fsp3) is 0.448. The SMILES string of the molecule is CC(=O)CCC(=O)Oc1ccc(CC(NC(=O)CCc2ccc(O)cc2)C(=O)NC2C(O)OC(CO)C(O)C2O)cc1. The monoisotopic (exact) mass is 588 g/mol. The summed E-state index contributed by atoms with van der Waals surface area (Å²) in [5, 5.41) is 54.7. The van der Waals surface area contributed by atoms with Gasteiger partial charge in [-0.3, -0.25) is 14.4 Å². The van der Waals surface area contributed by atoms with E-state index in [4.69, 9.17) is 9.47 Å². The number of benzene rings is 2. The molecule has 13 heteroatoms. The van der Waals surface area contributed by atoms with Crippen LogP contribution >= 0.6 is 0 Å². The topological polar surface area (TPSA) is 212 Å². The average Bonchev–Trinajstić information content (AvgIpc) is 2.96. The van der Waals surface area contributed by atoms with Crippen LogP contribution < -0.4 is 15.4 Å². The van der Waals surface area contributed by atoms with Crippen molar-refractivity contribution in [3.63, 3.8) is 0 Å². The van der Waals surface area contributed by atoms with Crippen LogP contribution in [0.25, 0.3) is 0 Å². The summed E-state index contributed by atoms with van der Waals surface area (Å²) in [5.41, 5.74) is 1.36. The Kier molecular flexibility index (Phi) is 11.9. The first-order valence-electron chi connectivity index (χ1n) is 13.4. The average molecular weight is 589 g/mol. The molecule has 3 rings (SSSR count). The second kappa shape index (κ2) is 15.4. The number of amides is 2. The van der Waals surface area contributed by atoms with Crippen LogP contribution in [0, 0.1) is 0 Å². The van der Waals surface area contributed by atoms with Crippen molar-refractivity contribution < 1.29 is 54.2 Å². The van der Waals surface area contributed by atoms with Gasteiger partial charge in [-0.25, -0.2) is 0 Å². The summed E-state index contributed by atoms with van der Waals surface area (Å²) < 4.78 is 10.3. The van der Waals surface area contributed by atoms with Crippen molar-refractivity contribution in [2.75, 3.05) is 6.61 Å². The number of esters is 1. The van der Waals surface area contributed by atoms with Gasteiger partial charge < -0.3 is 50.4 Å². The first-order valence-corrected chi connectivity index (χ1v) is 13.4. The smallest absolute Gasteiger partial charge is 0.311 e. The van der Waals surface area contributed by atoms with Crippen molar-refractivity contribution in [3.05, 3.63) is 59.7 Å². The standard InChI is InChI=1S/C29H36N2O11/c1-16(33)2-13-24(36)41-20-10-5-18(6-11-20)14-21(30-23(35)12-7-17-3-8-19(34)9-4-17)28(39)31-25-27(38)26(37)22(15-32)42-29(25)40/h3-6,8-11,21-22,25-27,29,32,34,37-38,40H,2,7,12-15H2,1H3,(H,30,35)(H,31,39). The molecule has 0 aliphatic carbocycles. The molecule has 1 aliphatic heterocycles. The van der Waals surface area contributed by atoms with Crippen molar-refractivity contribution in [2.24, 2.45) is 0 Å². The van der Waals surface area contributed by atoms with Crippen molar-refractivity contribution in [2.45, 2.75) is 75.7 Å². The molecule has 42 heavy (non-hydrogen) atoms. The van der Waals surface area contributed by atoms with E-state index in [1.807, 2.05) is 0 Å². The summed E-state index contributed by atoms with van der Waals surface area (Å²) in [4.78, 5) is 49.1. The number of hydrogen-bond donors (Lipinski definition) is 7. The van der Waals surface area contributed by atoms with Crippen LogP contribution in [-0.2, 0) is 36.8 Å². The zero-order valence-corrected chi connectivity index (χ0v) is 23.0. The lowest BCUT2D eigenvalue weighted by Crippen LogP contribution is -2.65. The summed E-state index contributed by atoms with van der Waals surface area (Å²) in [7, 11) is 0. The highest BCUT2D eigenvalue weighted by molar-refractivity contribution is 5.88. The number of aliphatic hydroxyl groups excluding tert-OH is 4. The molecule has 13 nitrogen and oxygen atoms in total. The van der Waals surface area contributed by atoms with Gasteiger partial charge in [-0.2, -0.15) is 0 Å². The Morgan fingerprint density at radius 2 is 1.55 bits per heavy atom. The number of carbonyl (C=O) groups excluding carboxylic acids is 4. The summed E-state index contributed by atoms with van der Waals surface area (Å²) in [6.45, 7) is 0.704. The van der Waals surface area contributed by atoms with E-state index in [1.165, 1.54) is 31.2 Å². The lowest BCUT2D eigenvalue weighted by molar-refractivity contribution is -0.254. The van der Waals surface area contributed by atoms with E-state index in [2.05, 4.69) is 10.6 Å². The molecule has 1 saturated heterocycles. The molecule has 0 spiro atoms. The Morgan fingerprint density at radius 1 is 0.905 bits per heavy atom. The van der Waals surface area contributed by atoms with E-state index in [9.17, 15) is 44.7 Å². The number of aromatic hydroxyl groups is 1. The summed E-state index contributed by atoms with van der Waals surface area (Å²) >= 11 is 0. The summed E-state index contributed by atoms with van der Waals surface area (Å²) in [6, 6.07) is 9.83. The largest absolute Gasteiger partial charge is 0.508 e. The number of hydrogen-bond acceptors (Lipinski definition) is 11. The van der Waals surface area contributed by atoms with E-state index in [0.717, 1.165) is 5.56 Å². The third kappa shape index (κ3) is 9.60. The number of nitrogens with one attached hydrogen (secondary N) is 2. The highest BCUT2D eigenvalue weighted by atomic mass is 16.6. The minimum absolute atomic E-state index is 0.0123. The highest BCUT2D eigenvalue weighted by Crippen LogP contribution is 2.21. The van der Waals surface area contributed by atoms with E-state index >= 15 is 0 Å². The molecule has 0 radical (unpaired) electrons. The van der Waals surface area contributed by atoms with Crippen LogP contribution in [0.2, 0.25) is 0 Å². The normalized spacial score (nSPS) is 22.5. The molecule has 228 valence electrons. The Hall–Kier alpha value is -3.88. The quantitative estimate of drug-likeness (QED) is 0.114. The molecule has 2 aromatic carbocycles. The number of ether oxygens (including phenoxy) is 2. The van der Waals surface area contributed by atoms with Gasteiger partial charge in [0.1, 0.15) is 47.7 Å². The Balaban J connectivity index is 1.70. The molecule has 6 atom stereocenters. The van der Waals surface area contributed by atoms with Crippen molar-refractivity contribution in [1.29, 1.82) is 0 Å². The van der Waals surface area contributed by atoms with Crippen molar-refractivity contribution in [1.82, 2.24) is 10.6 Å².